The normalized spacial score (nSPS) is 11.0. The highest BCUT2D eigenvalue weighted by atomic mass is 35.5. The van der Waals surface area contributed by atoms with E-state index in [2.05, 4.69) is 10.3 Å². The second-order valence-corrected chi connectivity index (χ2v) is 6.51. The van der Waals surface area contributed by atoms with Crippen LogP contribution in [-0.2, 0) is 25.4 Å². The van der Waals surface area contributed by atoms with E-state index in [1.165, 1.54) is 26.2 Å². The van der Waals surface area contributed by atoms with Gasteiger partial charge in [-0.15, -0.1) is 0 Å². The third-order valence-electron chi connectivity index (χ3n) is 4.23. The van der Waals surface area contributed by atoms with Gasteiger partial charge in [0, 0.05) is 20.2 Å². The lowest BCUT2D eigenvalue weighted by Gasteiger charge is -2.09. The van der Waals surface area contributed by atoms with Crippen LogP contribution in [0.4, 0.5) is 11.4 Å². The van der Waals surface area contributed by atoms with E-state index in [4.69, 9.17) is 11.6 Å². The number of nitrogens with one attached hydrogen (secondary N) is 1. The number of amides is 1. The Hall–Kier alpha value is -3.47. The fourth-order valence-electron chi connectivity index (χ4n) is 2.80. The van der Waals surface area contributed by atoms with E-state index >= 15 is 0 Å². The van der Waals surface area contributed by atoms with Crippen LogP contribution in [0.5, 0.6) is 0 Å². The fourth-order valence-corrected chi connectivity index (χ4v) is 3.02. The van der Waals surface area contributed by atoms with Crippen LogP contribution in [0.3, 0.4) is 0 Å². The number of aromatic nitrogens is 4. The number of fused-ring (bicyclic) bond motifs is 1. The van der Waals surface area contributed by atoms with Crippen LogP contribution < -0.4 is 16.6 Å². The van der Waals surface area contributed by atoms with Gasteiger partial charge in [0.15, 0.2) is 11.2 Å². The minimum absolute atomic E-state index is 0.0152. The predicted octanol–water partition coefficient (Wildman–Crippen LogP) is 0.942. The number of imidazole rings is 1. The van der Waals surface area contributed by atoms with Gasteiger partial charge in [0.1, 0.15) is 12.2 Å². The van der Waals surface area contributed by atoms with Gasteiger partial charge in [0.25, 0.3) is 11.2 Å². The molecule has 0 spiro atoms. The summed E-state index contributed by atoms with van der Waals surface area (Å²) in [7, 11) is 2.72. The highest BCUT2D eigenvalue weighted by Crippen LogP contribution is 2.25. The molecule has 0 saturated heterocycles. The van der Waals surface area contributed by atoms with Gasteiger partial charge >= 0.3 is 5.69 Å². The third-order valence-corrected chi connectivity index (χ3v) is 4.52. The Morgan fingerprint density at radius 3 is 2.61 bits per heavy atom. The number of aryl methyl sites for hydroxylation is 2. The number of nitro groups is 1. The van der Waals surface area contributed by atoms with Gasteiger partial charge < -0.3 is 5.32 Å². The number of hydrogen-bond donors (Lipinski definition) is 1. The molecule has 12 heteroatoms. The standard InChI is InChI=1S/C16H15ClN6O5/c1-8-4-5-9(10(6-8)23(27)28)18-11(24)7-22-12-13(19-15(22)17)20(2)16(26)21(3)14(12)25/h4-6H,7H2,1-3H3,(H,18,24). The van der Waals surface area contributed by atoms with Crippen molar-refractivity contribution in [2.24, 2.45) is 14.1 Å². The molecule has 3 rings (SSSR count). The van der Waals surface area contributed by atoms with Gasteiger partial charge in [-0.2, -0.15) is 4.98 Å². The molecule has 1 amide bonds. The summed E-state index contributed by atoms with van der Waals surface area (Å²) in [5.41, 5.74) is -0.812. The van der Waals surface area contributed by atoms with E-state index in [1.807, 2.05) is 0 Å². The number of nitro benzene ring substituents is 1. The summed E-state index contributed by atoms with van der Waals surface area (Å²) in [4.78, 5) is 51.5. The maximum absolute atomic E-state index is 12.5. The molecule has 0 fully saturated rings. The second kappa shape index (κ2) is 6.93. The Kier molecular flexibility index (Phi) is 4.77. The van der Waals surface area contributed by atoms with Crippen LogP contribution in [0.25, 0.3) is 11.2 Å². The van der Waals surface area contributed by atoms with Crippen molar-refractivity contribution in [2.45, 2.75) is 13.5 Å². The number of halogens is 1. The second-order valence-electron chi connectivity index (χ2n) is 6.17. The van der Waals surface area contributed by atoms with Gasteiger partial charge in [-0.05, 0) is 30.2 Å². The molecule has 0 aliphatic rings. The molecule has 2 aromatic heterocycles. The Morgan fingerprint density at radius 2 is 1.96 bits per heavy atom. The average molecular weight is 407 g/mol. The molecule has 1 aromatic carbocycles. The molecule has 3 aromatic rings. The summed E-state index contributed by atoms with van der Waals surface area (Å²) < 4.78 is 3.16. The molecule has 0 atom stereocenters. The molecule has 0 aliphatic heterocycles. The van der Waals surface area contributed by atoms with Crippen LogP contribution in [0, 0.1) is 17.0 Å². The summed E-state index contributed by atoms with van der Waals surface area (Å²) >= 11 is 6.07. The molecule has 0 bridgehead atoms. The summed E-state index contributed by atoms with van der Waals surface area (Å²) in [6.45, 7) is 1.27. The molecule has 0 unspecified atom stereocenters. The quantitative estimate of drug-likeness (QED) is 0.389. The monoisotopic (exact) mass is 406 g/mol. The number of carbonyl (C=O) groups is 1. The lowest BCUT2D eigenvalue weighted by molar-refractivity contribution is -0.384. The molecule has 11 nitrogen and oxygen atoms in total. The van der Waals surface area contributed by atoms with Crippen molar-refractivity contribution in [1.82, 2.24) is 18.7 Å². The number of rotatable bonds is 4. The molecule has 0 saturated carbocycles. The van der Waals surface area contributed by atoms with E-state index in [9.17, 15) is 24.5 Å². The molecule has 0 aliphatic carbocycles. The zero-order valence-corrected chi connectivity index (χ0v) is 15.9. The van der Waals surface area contributed by atoms with Gasteiger partial charge in [-0.1, -0.05) is 6.07 Å². The molecule has 0 radical (unpaired) electrons. The van der Waals surface area contributed by atoms with E-state index in [0.717, 1.165) is 13.7 Å². The van der Waals surface area contributed by atoms with Crippen LogP contribution in [-0.4, -0.2) is 29.5 Å². The minimum Gasteiger partial charge on any atom is -0.319 e. The van der Waals surface area contributed by atoms with Crippen molar-refractivity contribution in [3.8, 4) is 0 Å². The lowest BCUT2D eigenvalue weighted by Crippen LogP contribution is -2.37. The first kappa shape index (κ1) is 19.3. The molecule has 28 heavy (non-hydrogen) atoms. The molecule has 146 valence electrons. The van der Waals surface area contributed by atoms with Crippen molar-refractivity contribution in [1.29, 1.82) is 0 Å². The van der Waals surface area contributed by atoms with E-state index in [1.54, 1.807) is 13.0 Å². The number of benzene rings is 1. The van der Waals surface area contributed by atoms with Gasteiger partial charge in [0.05, 0.1) is 4.92 Å². The Morgan fingerprint density at radius 1 is 1.29 bits per heavy atom. The number of anilines is 1. The summed E-state index contributed by atoms with van der Waals surface area (Å²) in [5.74, 6) is -0.649. The molecule has 1 N–H and O–H groups in total. The Bertz CT molecular complexity index is 1260. The Balaban J connectivity index is 2.02. The molecular weight excluding hydrogens is 392 g/mol. The summed E-state index contributed by atoms with van der Waals surface area (Å²) in [6, 6.07) is 4.37. The smallest absolute Gasteiger partial charge is 0.319 e. The maximum atomic E-state index is 12.5. The molecular formula is C16H15ClN6O5. The van der Waals surface area contributed by atoms with Gasteiger partial charge in [-0.25, -0.2) is 4.79 Å². The number of nitrogens with zero attached hydrogens (tertiary/aromatic N) is 5. The van der Waals surface area contributed by atoms with Gasteiger partial charge in [-0.3, -0.25) is 33.4 Å². The minimum atomic E-state index is -0.661. The SMILES string of the molecule is Cc1ccc(NC(=O)Cn2c(Cl)nc3c2c(=O)n(C)c(=O)n3C)c([N+](=O)[O-])c1. The first-order chi connectivity index (χ1) is 13.1. The number of hydrogen-bond acceptors (Lipinski definition) is 6. The largest absolute Gasteiger partial charge is 0.332 e. The summed E-state index contributed by atoms with van der Waals surface area (Å²) in [5, 5.41) is 13.5. The van der Waals surface area contributed by atoms with Crippen LogP contribution in [0.15, 0.2) is 27.8 Å². The third kappa shape index (κ3) is 3.16. The topological polar surface area (TPSA) is 134 Å². The van der Waals surface area contributed by atoms with Crippen molar-refractivity contribution < 1.29 is 9.72 Å². The van der Waals surface area contributed by atoms with Crippen molar-refractivity contribution in [3.63, 3.8) is 0 Å². The highest BCUT2D eigenvalue weighted by Gasteiger charge is 2.21. The zero-order valence-electron chi connectivity index (χ0n) is 15.1. The predicted molar refractivity (Wildman–Crippen MR) is 102 cm³/mol. The van der Waals surface area contributed by atoms with Gasteiger partial charge in [0.2, 0.25) is 11.2 Å². The van der Waals surface area contributed by atoms with Crippen LogP contribution in [0.1, 0.15) is 5.56 Å². The Labute approximate surface area is 161 Å². The van der Waals surface area contributed by atoms with E-state index < -0.39 is 28.6 Å². The van der Waals surface area contributed by atoms with Crippen molar-refractivity contribution >= 4 is 40.0 Å². The average Bonchev–Trinajstić information content (AvgIpc) is 2.96. The highest BCUT2D eigenvalue weighted by molar-refractivity contribution is 6.29. The fraction of sp³-hybridized carbons (Fsp3) is 0.250. The number of carbonyl (C=O) groups excluding carboxylic acids is 1. The van der Waals surface area contributed by atoms with Crippen molar-refractivity contribution in [3.05, 3.63) is 60.0 Å². The zero-order chi connectivity index (χ0) is 20.7. The van der Waals surface area contributed by atoms with Crippen molar-refractivity contribution in [2.75, 3.05) is 5.32 Å². The van der Waals surface area contributed by atoms with Crippen LogP contribution in [0.2, 0.25) is 5.28 Å². The summed E-state index contributed by atoms with van der Waals surface area (Å²) in [6.07, 6.45) is 0. The van der Waals surface area contributed by atoms with E-state index in [-0.39, 0.29) is 27.8 Å². The van der Waals surface area contributed by atoms with Crippen LogP contribution >= 0.6 is 11.6 Å². The first-order valence-electron chi connectivity index (χ1n) is 7.98. The lowest BCUT2D eigenvalue weighted by atomic mass is 10.2. The molecule has 2 heterocycles. The first-order valence-corrected chi connectivity index (χ1v) is 8.36. The van der Waals surface area contributed by atoms with E-state index in [0.29, 0.717) is 5.56 Å². The maximum Gasteiger partial charge on any atom is 0.332 e.